The first-order valence-electron chi connectivity index (χ1n) is 8.96. The number of pyridine rings is 1. The van der Waals surface area contributed by atoms with Crippen molar-refractivity contribution in [3.63, 3.8) is 0 Å². The number of hydrogen-bond acceptors (Lipinski definition) is 0. The van der Waals surface area contributed by atoms with Crippen LogP contribution in [0.2, 0.25) is 0 Å². The van der Waals surface area contributed by atoms with E-state index in [0.717, 1.165) is 0 Å². The van der Waals surface area contributed by atoms with E-state index < -0.39 is 0 Å². The van der Waals surface area contributed by atoms with Crippen LogP contribution in [0.1, 0.15) is 31.9 Å². The second-order valence-corrected chi connectivity index (χ2v) is 8.28. The first-order chi connectivity index (χ1) is 11.9. The number of benzene rings is 2. The summed E-state index contributed by atoms with van der Waals surface area (Å²) in [5, 5.41) is 5.38. The van der Waals surface area contributed by atoms with Crippen molar-refractivity contribution in [3.8, 4) is 0 Å². The predicted octanol–water partition coefficient (Wildman–Crippen LogP) is 5.27. The first kappa shape index (κ1) is 14.7. The first-order valence-corrected chi connectivity index (χ1v) is 8.96. The van der Waals surface area contributed by atoms with Gasteiger partial charge in [0.15, 0.2) is 0 Å². The van der Waals surface area contributed by atoms with Gasteiger partial charge in [0.1, 0.15) is 11.0 Å². The van der Waals surface area contributed by atoms with Crippen LogP contribution in [0.4, 0.5) is 0 Å². The molecule has 0 spiro atoms. The number of hydrogen-bond donors (Lipinski definition) is 0. The Morgan fingerprint density at radius 1 is 0.800 bits per heavy atom. The average molecular weight is 327 g/mol. The van der Waals surface area contributed by atoms with E-state index in [1.54, 1.807) is 0 Å². The number of rotatable bonds is 0. The van der Waals surface area contributed by atoms with Gasteiger partial charge in [-0.1, -0.05) is 32.9 Å². The van der Waals surface area contributed by atoms with Gasteiger partial charge in [-0.3, -0.25) is 0 Å². The van der Waals surface area contributed by atoms with Crippen LogP contribution in [-0.2, 0) is 12.5 Å². The molecule has 124 valence electrons. The van der Waals surface area contributed by atoms with Crippen molar-refractivity contribution in [3.05, 3.63) is 59.8 Å². The molecule has 2 nitrogen and oxygen atoms in total. The van der Waals surface area contributed by atoms with Gasteiger partial charge in [-0.25, -0.2) is 4.57 Å². The van der Waals surface area contributed by atoms with E-state index in [1.807, 2.05) is 0 Å². The van der Waals surface area contributed by atoms with E-state index in [9.17, 15) is 0 Å². The van der Waals surface area contributed by atoms with Gasteiger partial charge >= 0.3 is 0 Å². The molecule has 0 saturated heterocycles. The molecule has 5 aromatic rings. The standard InChI is InChI=1S/C23H23N2/c1-14-19(23(2,3)4)12-11-17-15-8-6-9-16-18-10-7-13-24(5)22(18)25(20(14)17)21(15)16/h6-13H,1-5H3/q+1. The molecular weight excluding hydrogens is 304 g/mol. The quantitative estimate of drug-likeness (QED) is 0.343. The summed E-state index contributed by atoms with van der Waals surface area (Å²) in [7, 11) is 2.14. The van der Waals surface area contributed by atoms with Gasteiger partial charge in [0.25, 0.3) is 5.65 Å². The highest BCUT2D eigenvalue weighted by atomic mass is 15.1. The zero-order valence-electron chi connectivity index (χ0n) is 15.5. The lowest BCUT2D eigenvalue weighted by Crippen LogP contribution is -2.29. The number of para-hydroxylation sites is 1. The second-order valence-electron chi connectivity index (χ2n) is 8.28. The Bertz CT molecular complexity index is 1280. The summed E-state index contributed by atoms with van der Waals surface area (Å²) >= 11 is 0. The molecule has 3 heterocycles. The molecule has 0 saturated carbocycles. The minimum absolute atomic E-state index is 0.137. The fraction of sp³-hybridized carbons (Fsp3) is 0.261. The van der Waals surface area contributed by atoms with Gasteiger partial charge in [0, 0.05) is 21.7 Å². The molecule has 0 unspecified atom stereocenters. The Hall–Kier alpha value is -2.61. The maximum Gasteiger partial charge on any atom is 0.294 e. The fourth-order valence-electron chi connectivity index (χ4n) is 4.65. The Morgan fingerprint density at radius 2 is 1.44 bits per heavy atom. The van der Waals surface area contributed by atoms with Crippen molar-refractivity contribution in [2.45, 2.75) is 33.1 Å². The van der Waals surface area contributed by atoms with Crippen LogP contribution < -0.4 is 4.57 Å². The van der Waals surface area contributed by atoms with Crippen molar-refractivity contribution >= 4 is 38.2 Å². The minimum atomic E-state index is 0.137. The molecule has 0 aliphatic heterocycles. The van der Waals surface area contributed by atoms with Gasteiger partial charge < -0.3 is 0 Å². The minimum Gasteiger partial charge on any atom is -0.236 e. The van der Waals surface area contributed by atoms with E-state index in [4.69, 9.17) is 0 Å². The molecule has 0 aliphatic rings. The van der Waals surface area contributed by atoms with Crippen molar-refractivity contribution in [1.29, 1.82) is 0 Å². The summed E-state index contributed by atoms with van der Waals surface area (Å²) in [6.45, 7) is 9.18. The number of aromatic nitrogens is 2. The van der Waals surface area contributed by atoms with Gasteiger partial charge in [-0.05, 0) is 48.2 Å². The van der Waals surface area contributed by atoms with Crippen LogP contribution in [0.25, 0.3) is 38.2 Å². The van der Waals surface area contributed by atoms with Gasteiger partial charge in [-0.15, -0.1) is 0 Å². The smallest absolute Gasteiger partial charge is 0.236 e. The molecule has 0 bridgehead atoms. The van der Waals surface area contributed by atoms with E-state index in [2.05, 4.69) is 92.4 Å². The van der Waals surface area contributed by atoms with E-state index >= 15 is 0 Å². The third-order valence-corrected chi connectivity index (χ3v) is 5.66. The molecular formula is C23H23N2+. The summed E-state index contributed by atoms with van der Waals surface area (Å²) in [4.78, 5) is 0. The number of aryl methyl sites for hydroxylation is 2. The summed E-state index contributed by atoms with van der Waals surface area (Å²) in [5.41, 5.74) is 6.94. The highest BCUT2D eigenvalue weighted by Crippen LogP contribution is 2.41. The lowest BCUT2D eigenvalue weighted by atomic mass is 9.83. The molecule has 0 N–H and O–H groups in total. The fourth-order valence-corrected chi connectivity index (χ4v) is 4.65. The molecule has 0 aliphatic carbocycles. The molecule has 0 radical (unpaired) electrons. The van der Waals surface area contributed by atoms with Crippen LogP contribution >= 0.6 is 0 Å². The second kappa shape index (κ2) is 4.51. The van der Waals surface area contributed by atoms with Crippen LogP contribution in [0.3, 0.4) is 0 Å². The van der Waals surface area contributed by atoms with Crippen LogP contribution in [0.5, 0.6) is 0 Å². The largest absolute Gasteiger partial charge is 0.294 e. The molecule has 2 aromatic carbocycles. The molecule has 0 atom stereocenters. The van der Waals surface area contributed by atoms with Crippen molar-refractivity contribution in [2.75, 3.05) is 0 Å². The average Bonchev–Trinajstić information content (AvgIpc) is 3.06. The molecule has 25 heavy (non-hydrogen) atoms. The summed E-state index contributed by atoms with van der Waals surface area (Å²) in [6.07, 6.45) is 2.14. The van der Waals surface area contributed by atoms with E-state index in [-0.39, 0.29) is 5.41 Å². The Kier molecular flexibility index (Phi) is 2.66. The van der Waals surface area contributed by atoms with Crippen LogP contribution in [0.15, 0.2) is 48.7 Å². The molecule has 2 heteroatoms. The van der Waals surface area contributed by atoms with E-state index in [1.165, 1.54) is 49.4 Å². The summed E-state index contributed by atoms with van der Waals surface area (Å²) in [5.74, 6) is 0. The van der Waals surface area contributed by atoms with Crippen molar-refractivity contribution in [2.24, 2.45) is 7.05 Å². The lowest BCUT2D eigenvalue weighted by Gasteiger charge is -2.21. The van der Waals surface area contributed by atoms with Crippen LogP contribution in [0, 0.1) is 6.92 Å². The SMILES string of the molecule is Cc1c(C(C)(C)C)ccc2c3cccc4c5ccc[n+](C)c5n(c12)c34. The van der Waals surface area contributed by atoms with Crippen LogP contribution in [-0.4, -0.2) is 4.40 Å². The normalized spacial score (nSPS) is 13.0. The highest BCUT2D eigenvalue weighted by molar-refractivity contribution is 6.22. The monoisotopic (exact) mass is 327 g/mol. The molecule has 0 fully saturated rings. The predicted molar refractivity (Wildman–Crippen MR) is 106 cm³/mol. The summed E-state index contributed by atoms with van der Waals surface area (Å²) < 4.78 is 4.73. The Balaban J connectivity index is 2.17. The van der Waals surface area contributed by atoms with Crippen molar-refractivity contribution < 1.29 is 4.57 Å². The molecule has 3 aromatic heterocycles. The third kappa shape index (κ3) is 1.72. The Labute approximate surface area is 147 Å². The van der Waals surface area contributed by atoms with E-state index in [0.29, 0.717) is 0 Å². The van der Waals surface area contributed by atoms with Gasteiger partial charge in [-0.2, -0.15) is 4.40 Å². The molecule has 0 amide bonds. The number of nitrogens with zero attached hydrogens (tertiary/aromatic N) is 2. The Morgan fingerprint density at radius 3 is 2.16 bits per heavy atom. The highest BCUT2D eigenvalue weighted by Gasteiger charge is 2.28. The maximum absolute atomic E-state index is 2.49. The maximum atomic E-state index is 2.49. The van der Waals surface area contributed by atoms with Crippen molar-refractivity contribution in [1.82, 2.24) is 4.40 Å². The third-order valence-electron chi connectivity index (χ3n) is 5.66. The summed E-state index contributed by atoms with van der Waals surface area (Å²) in [6, 6.07) is 15.7. The lowest BCUT2D eigenvalue weighted by molar-refractivity contribution is -0.647. The molecule has 5 rings (SSSR count). The number of fused-ring (bicyclic) bond motifs is 6. The zero-order valence-corrected chi connectivity index (χ0v) is 15.5. The zero-order chi connectivity index (χ0) is 17.5. The van der Waals surface area contributed by atoms with Gasteiger partial charge in [0.2, 0.25) is 0 Å². The topological polar surface area (TPSA) is 8.29 Å². The van der Waals surface area contributed by atoms with Gasteiger partial charge in [0.05, 0.1) is 18.6 Å².